The summed E-state index contributed by atoms with van der Waals surface area (Å²) in [6, 6.07) is 6.11. The molecule has 26 heavy (non-hydrogen) atoms. The molecule has 1 saturated heterocycles. The summed E-state index contributed by atoms with van der Waals surface area (Å²) in [5.74, 6) is -0.342. The zero-order valence-electron chi connectivity index (χ0n) is 15.7. The van der Waals surface area contributed by atoms with Crippen LogP contribution < -0.4 is 4.72 Å². The van der Waals surface area contributed by atoms with Crippen LogP contribution in [0.25, 0.3) is 0 Å². The van der Waals surface area contributed by atoms with Crippen LogP contribution in [-0.4, -0.2) is 50.9 Å². The van der Waals surface area contributed by atoms with Crippen LogP contribution in [0, 0.1) is 5.82 Å². The van der Waals surface area contributed by atoms with Crippen LogP contribution in [0.1, 0.15) is 39.2 Å². The van der Waals surface area contributed by atoms with Gasteiger partial charge in [0.2, 0.25) is 10.0 Å². The number of ether oxygens (including phenoxy) is 1. The number of carbonyl (C=O) groups excluding carboxylic acids is 1. The van der Waals surface area contributed by atoms with Crippen molar-refractivity contribution in [2.24, 2.45) is 0 Å². The average molecular weight is 386 g/mol. The number of nitrogens with zero attached hydrogens (tertiary/aromatic N) is 1. The van der Waals surface area contributed by atoms with Crippen LogP contribution in [0.5, 0.6) is 0 Å². The van der Waals surface area contributed by atoms with Gasteiger partial charge >= 0.3 is 6.09 Å². The lowest BCUT2D eigenvalue weighted by atomic mass is 9.73. The Labute approximate surface area is 154 Å². The maximum Gasteiger partial charge on any atom is 0.410 e. The minimum atomic E-state index is -3.36. The van der Waals surface area contributed by atoms with Crippen molar-refractivity contribution in [2.75, 3.05) is 25.9 Å². The van der Waals surface area contributed by atoms with Gasteiger partial charge in [-0.15, -0.1) is 0 Å². The van der Waals surface area contributed by atoms with E-state index in [2.05, 4.69) is 4.72 Å². The maximum absolute atomic E-state index is 13.3. The molecule has 0 radical (unpaired) electrons. The van der Waals surface area contributed by atoms with Gasteiger partial charge in [-0.05, 0) is 51.3 Å². The van der Waals surface area contributed by atoms with Crippen molar-refractivity contribution in [1.82, 2.24) is 9.62 Å². The van der Waals surface area contributed by atoms with Gasteiger partial charge in [-0.25, -0.2) is 22.3 Å². The highest BCUT2D eigenvalue weighted by molar-refractivity contribution is 7.88. The van der Waals surface area contributed by atoms with Crippen molar-refractivity contribution >= 4 is 16.1 Å². The second-order valence-electron chi connectivity index (χ2n) is 7.85. The van der Waals surface area contributed by atoms with Gasteiger partial charge in [0, 0.05) is 25.0 Å². The van der Waals surface area contributed by atoms with Crippen LogP contribution >= 0.6 is 0 Å². The zero-order valence-corrected chi connectivity index (χ0v) is 16.5. The lowest BCUT2D eigenvalue weighted by Gasteiger charge is -2.42. The van der Waals surface area contributed by atoms with E-state index in [0.29, 0.717) is 25.9 Å². The molecule has 0 saturated carbocycles. The van der Waals surface area contributed by atoms with Gasteiger partial charge in [0.15, 0.2) is 0 Å². The standard InChI is InChI=1S/C18H27FN2O4S/c1-17(2,3)25-16(22)21-11-9-18(10-12-21,13-20-26(4,23)24)14-5-7-15(19)8-6-14/h5-8,20H,9-13H2,1-4H3. The molecule has 0 unspecified atom stereocenters. The van der Waals surface area contributed by atoms with Gasteiger partial charge in [-0.3, -0.25) is 0 Å². The van der Waals surface area contributed by atoms with E-state index in [1.165, 1.54) is 12.1 Å². The van der Waals surface area contributed by atoms with Crippen molar-refractivity contribution < 1.29 is 22.3 Å². The number of hydrogen-bond donors (Lipinski definition) is 1. The van der Waals surface area contributed by atoms with E-state index < -0.39 is 21.0 Å². The summed E-state index contributed by atoms with van der Waals surface area (Å²) in [6.07, 6.45) is 1.85. The molecule has 1 fully saturated rings. The molecule has 0 atom stereocenters. The third kappa shape index (κ3) is 5.67. The lowest BCUT2D eigenvalue weighted by molar-refractivity contribution is 0.0165. The molecule has 6 nitrogen and oxygen atoms in total. The lowest BCUT2D eigenvalue weighted by Crippen LogP contribution is -2.51. The predicted molar refractivity (Wildman–Crippen MR) is 98.0 cm³/mol. The fourth-order valence-electron chi connectivity index (χ4n) is 3.08. The molecule has 1 aromatic rings. The summed E-state index contributed by atoms with van der Waals surface area (Å²) >= 11 is 0. The predicted octanol–water partition coefficient (Wildman–Crippen LogP) is 2.64. The van der Waals surface area contributed by atoms with Gasteiger partial charge in [0.25, 0.3) is 0 Å². The summed E-state index contributed by atoms with van der Waals surface area (Å²) in [6.45, 7) is 6.53. The van der Waals surface area contributed by atoms with Crippen molar-refractivity contribution in [1.29, 1.82) is 0 Å². The van der Waals surface area contributed by atoms with Gasteiger partial charge < -0.3 is 9.64 Å². The highest BCUT2D eigenvalue weighted by atomic mass is 32.2. The molecule has 1 amide bonds. The topological polar surface area (TPSA) is 75.7 Å². The monoisotopic (exact) mass is 386 g/mol. The number of rotatable bonds is 4. The number of sulfonamides is 1. The molecule has 0 aliphatic carbocycles. The molecular formula is C18H27FN2O4S. The number of piperidine rings is 1. The first-order valence-corrected chi connectivity index (χ1v) is 10.5. The maximum atomic E-state index is 13.3. The minimum Gasteiger partial charge on any atom is -0.444 e. The molecule has 146 valence electrons. The van der Waals surface area contributed by atoms with Crippen molar-refractivity contribution in [2.45, 2.75) is 44.6 Å². The van der Waals surface area contributed by atoms with Gasteiger partial charge in [0.05, 0.1) is 6.26 Å². The van der Waals surface area contributed by atoms with Gasteiger partial charge in [-0.2, -0.15) is 0 Å². The molecule has 1 aliphatic heterocycles. The summed E-state index contributed by atoms with van der Waals surface area (Å²) < 4.78 is 44.4. The van der Waals surface area contributed by atoms with E-state index in [4.69, 9.17) is 4.74 Å². The van der Waals surface area contributed by atoms with E-state index in [9.17, 15) is 17.6 Å². The molecule has 0 bridgehead atoms. The van der Waals surface area contributed by atoms with Crippen LogP contribution in [0.15, 0.2) is 24.3 Å². The molecule has 8 heteroatoms. The first kappa shape index (κ1) is 20.6. The quantitative estimate of drug-likeness (QED) is 0.863. The summed E-state index contributed by atoms with van der Waals surface area (Å²) in [5.41, 5.74) is -0.200. The first-order valence-electron chi connectivity index (χ1n) is 8.59. The van der Waals surface area contributed by atoms with Crippen molar-refractivity contribution in [3.63, 3.8) is 0 Å². The molecule has 0 spiro atoms. The highest BCUT2D eigenvalue weighted by Crippen LogP contribution is 2.35. The SMILES string of the molecule is CC(C)(C)OC(=O)N1CCC(CNS(C)(=O)=O)(c2ccc(F)cc2)CC1. The Morgan fingerprint density at radius 2 is 1.77 bits per heavy atom. The number of hydrogen-bond acceptors (Lipinski definition) is 4. The molecule has 2 rings (SSSR count). The minimum absolute atomic E-state index is 0.208. The third-order valence-corrected chi connectivity index (χ3v) is 5.17. The Morgan fingerprint density at radius 1 is 1.23 bits per heavy atom. The Bertz CT molecular complexity index is 733. The molecule has 1 heterocycles. The average Bonchev–Trinajstić information content (AvgIpc) is 2.52. The summed E-state index contributed by atoms with van der Waals surface area (Å²) in [5, 5.41) is 0. The summed E-state index contributed by atoms with van der Waals surface area (Å²) in [4.78, 5) is 13.9. The Kier molecular flexibility index (Phi) is 5.97. The van der Waals surface area contributed by atoms with E-state index in [-0.39, 0.29) is 18.5 Å². The van der Waals surface area contributed by atoms with Crippen LogP contribution in [-0.2, 0) is 20.2 Å². The Hall–Kier alpha value is -1.67. The van der Waals surface area contributed by atoms with Crippen LogP contribution in [0.2, 0.25) is 0 Å². The first-order chi connectivity index (χ1) is 11.9. The fraction of sp³-hybridized carbons (Fsp3) is 0.611. The number of likely N-dealkylation sites (tertiary alicyclic amines) is 1. The van der Waals surface area contributed by atoms with E-state index >= 15 is 0 Å². The Morgan fingerprint density at radius 3 is 2.23 bits per heavy atom. The number of amides is 1. The van der Waals surface area contributed by atoms with E-state index in [1.807, 2.05) is 20.8 Å². The number of halogens is 1. The third-order valence-electron chi connectivity index (χ3n) is 4.50. The molecular weight excluding hydrogens is 359 g/mol. The van der Waals surface area contributed by atoms with E-state index in [1.54, 1.807) is 17.0 Å². The largest absolute Gasteiger partial charge is 0.444 e. The second kappa shape index (κ2) is 7.52. The van der Waals surface area contributed by atoms with Crippen LogP contribution in [0.4, 0.5) is 9.18 Å². The van der Waals surface area contributed by atoms with E-state index in [0.717, 1.165) is 11.8 Å². The zero-order chi connectivity index (χ0) is 19.6. The van der Waals surface area contributed by atoms with Crippen molar-refractivity contribution in [3.05, 3.63) is 35.6 Å². The molecule has 1 aliphatic rings. The van der Waals surface area contributed by atoms with Crippen molar-refractivity contribution in [3.8, 4) is 0 Å². The highest BCUT2D eigenvalue weighted by Gasteiger charge is 2.39. The van der Waals surface area contributed by atoms with Crippen LogP contribution in [0.3, 0.4) is 0 Å². The summed E-state index contributed by atoms with van der Waals surface area (Å²) in [7, 11) is -3.36. The number of nitrogens with one attached hydrogen (secondary N) is 1. The number of benzene rings is 1. The molecule has 0 aromatic heterocycles. The smallest absolute Gasteiger partial charge is 0.410 e. The molecule has 1 aromatic carbocycles. The molecule has 1 N–H and O–H groups in total. The van der Waals surface area contributed by atoms with Gasteiger partial charge in [-0.1, -0.05) is 12.1 Å². The second-order valence-corrected chi connectivity index (χ2v) is 9.68. The van der Waals surface area contributed by atoms with Gasteiger partial charge in [0.1, 0.15) is 11.4 Å². The fourth-order valence-corrected chi connectivity index (χ4v) is 3.62. The normalized spacial score (nSPS) is 17.8. The number of carbonyl (C=O) groups is 1. The Balaban J connectivity index is 2.17.